The minimum atomic E-state index is -9.51. The molecule has 0 atom stereocenters. The molecular formula is C9H11F5S. The van der Waals surface area contributed by atoms with Crippen molar-refractivity contribution in [2.75, 3.05) is 0 Å². The molecule has 15 heavy (non-hydrogen) atoms. The molecule has 0 radical (unpaired) electrons. The number of hydrogen-bond acceptors (Lipinski definition) is 0. The molecule has 0 aliphatic carbocycles. The Kier molecular flexibility index (Phi) is 2.18. The highest BCUT2D eigenvalue weighted by Gasteiger charge is 2.65. The van der Waals surface area contributed by atoms with Gasteiger partial charge in [0.25, 0.3) is 0 Å². The van der Waals surface area contributed by atoms with Crippen LogP contribution in [0.2, 0.25) is 0 Å². The Morgan fingerprint density at radius 1 is 1.00 bits per heavy atom. The summed E-state index contributed by atoms with van der Waals surface area (Å²) in [4.78, 5) is -1.82. The van der Waals surface area contributed by atoms with Crippen molar-refractivity contribution in [2.45, 2.75) is 24.7 Å². The van der Waals surface area contributed by atoms with Crippen LogP contribution in [0, 0.1) is 0 Å². The first-order chi connectivity index (χ1) is 6.40. The molecule has 6 heteroatoms. The van der Waals surface area contributed by atoms with Crippen LogP contribution >= 0.6 is 10.2 Å². The van der Waals surface area contributed by atoms with E-state index in [1.807, 2.05) is 0 Å². The molecule has 0 nitrogen and oxygen atoms in total. The van der Waals surface area contributed by atoms with Gasteiger partial charge in [0.15, 0.2) is 0 Å². The topological polar surface area (TPSA) is 0 Å². The van der Waals surface area contributed by atoms with E-state index < -0.39 is 15.1 Å². The third-order valence-corrected chi connectivity index (χ3v) is 3.11. The van der Waals surface area contributed by atoms with Crippen LogP contribution in [0.1, 0.15) is 25.3 Å². The van der Waals surface area contributed by atoms with Crippen LogP contribution in [0.5, 0.6) is 0 Å². The Morgan fingerprint density at radius 2 is 1.53 bits per heavy atom. The van der Waals surface area contributed by atoms with E-state index in [2.05, 4.69) is 0 Å². The third kappa shape index (κ3) is 3.09. The molecule has 0 spiro atoms. The zero-order valence-corrected chi connectivity index (χ0v) is 9.00. The molecule has 0 aliphatic rings. The summed E-state index contributed by atoms with van der Waals surface area (Å²) < 4.78 is 62.0. The van der Waals surface area contributed by atoms with Crippen LogP contribution in [0.25, 0.3) is 0 Å². The summed E-state index contributed by atoms with van der Waals surface area (Å²) in [5.74, 6) is -0.218. The van der Waals surface area contributed by atoms with Crippen LogP contribution in [0.3, 0.4) is 0 Å². The molecule has 0 aromatic heterocycles. The van der Waals surface area contributed by atoms with E-state index in [1.54, 1.807) is 13.8 Å². The molecule has 0 fully saturated rings. The standard InChI is InChI=1S/C9H11F5S/c1-7(2)8-4-3-5-9(6-8)15(10,11,12,13)14/h3-7H,1-2H3. The lowest BCUT2D eigenvalue weighted by molar-refractivity contribution is 0.364. The number of rotatable bonds is 2. The van der Waals surface area contributed by atoms with Gasteiger partial charge in [-0.3, -0.25) is 0 Å². The highest BCUT2D eigenvalue weighted by Crippen LogP contribution is 3.02. The predicted molar refractivity (Wildman–Crippen MR) is 51.9 cm³/mol. The maximum Gasteiger partial charge on any atom is 0.310 e. The lowest BCUT2D eigenvalue weighted by Crippen LogP contribution is -2.06. The van der Waals surface area contributed by atoms with Crippen molar-refractivity contribution < 1.29 is 19.4 Å². The van der Waals surface area contributed by atoms with E-state index in [9.17, 15) is 19.4 Å². The summed E-state index contributed by atoms with van der Waals surface area (Å²) >= 11 is 0. The summed E-state index contributed by atoms with van der Waals surface area (Å²) in [6.45, 7) is 3.29. The lowest BCUT2D eigenvalue weighted by atomic mass is 10.0. The molecule has 1 aromatic rings. The SMILES string of the molecule is CC(C)c1cccc(S(F)(F)(F)(F)F)c1. The Balaban J connectivity index is 3.37. The molecule has 1 rings (SSSR count). The first-order valence-corrected chi connectivity index (χ1v) is 6.19. The number of benzene rings is 1. The van der Waals surface area contributed by atoms with E-state index >= 15 is 0 Å². The second-order valence-electron chi connectivity index (χ2n) is 3.70. The van der Waals surface area contributed by atoms with E-state index in [0.29, 0.717) is 12.1 Å². The van der Waals surface area contributed by atoms with Crippen molar-refractivity contribution in [1.82, 2.24) is 0 Å². The quantitative estimate of drug-likeness (QED) is 0.607. The van der Waals surface area contributed by atoms with Gasteiger partial charge in [-0.2, -0.15) is 0 Å². The van der Waals surface area contributed by atoms with Crippen molar-refractivity contribution in [3.05, 3.63) is 29.8 Å². The van der Waals surface area contributed by atoms with Crippen LogP contribution in [-0.4, -0.2) is 0 Å². The summed E-state index contributed by atoms with van der Waals surface area (Å²) in [6.07, 6.45) is 0. The summed E-state index contributed by atoms with van der Waals surface area (Å²) in [6, 6.07) is 3.33. The first-order valence-electron chi connectivity index (χ1n) is 4.24. The number of hydrogen-bond donors (Lipinski definition) is 0. The minimum absolute atomic E-state index is 0.218. The Bertz CT molecular complexity index is 378. The highest BCUT2D eigenvalue weighted by atomic mass is 32.5. The van der Waals surface area contributed by atoms with Gasteiger partial charge in [-0.1, -0.05) is 45.4 Å². The van der Waals surface area contributed by atoms with Crippen molar-refractivity contribution in [3.63, 3.8) is 0 Å². The van der Waals surface area contributed by atoms with Gasteiger partial charge in [0, 0.05) is 0 Å². The largest absolute Gasteiger partial charge is 0.310 e. The summed E-state index contributed by atoms with van der Waals surface area (Å²) in [7, 11) is -9.51. The zero-order chi connectivity index (χ0) is 12.0. The molecule has 1 aromatic carbocycles. The van der Waals surface area contributed by atoms with E-state index in [-0.39, 0.29) is 11.5 Å². The van der Waals surface area contributed by atoms with E-state index in [1.165, 1.54) is 6.07 Å². The normalized spacial score (nSPS) is 17.3. The van der Waals surface area contributed by atoms with E-state index in [0.717, 1.165) is 6.07 Å². The molecule has 0 heterocycles. The van der Waals surface area contributed by atoms with Crippen LogP contribution < -0.4 is 0 Å². The van der Waals surface area contributed by atoms with Crippen molar-refractivity contribution in [2.24, 2.45) is 0 Å². The van der Waals surface area contributed by atoms with Crippen LogP contribution in [0.4, 0.5) is 19.4 Å². The lowest BCUT2D eigenvalue weighted by Gasteiger charge is -2.40. The molecular weight excluding hydrogens is 235 g/mol. The van der Waals surface area contributed by atoms with Crippen molar-refractivity contribution in [1.29, 1.82) is 0 Å². The molecule has 0 saturated heterocycles. The van der Waals surface area contributed by atoms with Crippen LogP contribution in [-0.2, 0) is 0 Å². The fourth-order valence-corrected chi connectivity index (χ4v) is 1.81. The molecule has 0 saturated carbocycles. The average molecular weight is 246 g/mol. The monoisotopic (exact) mass is 246 g/mol. The van der Waals surface area contributed by atoms with Gasteiger partial charge in [-0.25, -0.2) is 0 Å². The average Bonchev–Trinajstić information content (AvgIpc) is 2.00. The number of halogens is 5. The Morgan fingerprint density at radius 3 is 1.93 bits per heavy atom. The fraction of sp³-hybridized carbons (Fsp3) is 0.333. The second kappa shape index (κ2) is 2.66. The van der Waals surface area contributed by atoms with Crippen molar-refractivity contribution >= 4 is 10.2 Å². The molecule has 0 aliphatic heterocycles. The summed E-state index contributed by atoms with van der Waals surface area (Å²) in [5.41, 5.74) is 0.251. The maximum atomic E-state index is 12.4. The van der Waals surface area contributed by atoms with Gasteiger partial charge >= 0.3 is 10.2 Å². The molecule has 0 bridgehead atoms. The fourth-order valence-electron chi connectivity index (χ4n) is 1.11. The van der Waals surface area contributed by atoms with Crippen LogP contribution in [0.15, 0.2) is 29.2 Å². The molecule has 0 N–H and O–H groups in total. The van der Waals surface area contributed by atoms with Gasteiger partial charge in [-0.15, -0.1) is 0 Å². The van der Waals surface area contributed by atoms with Crippen molar-refractivity contribution in [3.8, 4) is 0 Å². The van der Waals surface area contributed by atoms with Gasteiger partial charge in [-0.05, 0) is 23.6 Å². The molecule has 0 unspecified atom stereocenters. The van der Waals surface area contributed by atoms with Gasteiger partial charge in [0.1, 0.15) is 4.90 Å². The summed E-state index contributed by atoms with van der Waals surface area (Å²) in [5, 5.41) is 0. The Labute approximate surface area is 84.8 Å². The minimum Gasteiger partial charge on any atom is -0.0936 e. The zero-order valence-electron chi connectivity index (χ0n) is 8.18. The Hall–Kier alpha value is -0.780. The molecule has 0 amide bonds. The first kappa shape index (κ1) is 12.3. The highest BCUT2D eigenvalue weighted by molar-refractivity contribution is 8.45. The maximum absolute atomic E-state index is 12.4. The molecule has 88 valence electrons. The van der Waals surface area contributed by atoms with E-state index in [4.69, 9.17) is 0 Å². The smallest absolute Gasteiger partial charge is 0.0936 e. The van der Waals surface area contributed by atoms with Gasteiger partial charge in [0.05, 0.1) is 0 Å². The second-order valence-corrected chi connectivity index (χ2v) is 6.11. The van der Waals surface area contributed by atoms with Gasteiger partial charge < -0.3 is 0 Å². The third-order valence-electron chi connectivity index (χ3n) is 1.97. The van der Waals surface area contributed by atoms with Gasteiger partial charge in [0.2, 0.25) is 0 Å². The predicted octanol–water partition coefficient (Wildman–Crippen LogP) is 5.47.